The topological polar surface area (TPSA) is 203 Å². The summed E-state index contributed by atoms with van der Waals surface area (Å²) in [6.45, 7) is 1.92. The summed E-state index contributed by atoms with van der Waals surface area (Å²) in [4.78, 5) is 49.3. The predicted molar refractivity (Wildman–Crippen MR) is 94.7 cm³/mol. The summed E-state index contributed by atoms with van der Waals surface area (Å²) >= 11 is 0. The van der Waals surface area contributed by atoms with Crippen molar-refractivity contribution in [2.24, 2.45) is 5.73 Å². The number of carboxylic acids is 1. The summed E-state index contributed by atoms with van der Waals surface area (Å²) in [6.07, 6.45) is -1.79. The molecule has 6 unspecified atom stereocenters. The zero-order valence-electron chi connectivity index (χ0n) is 15.7. The lowest BCUT2D eigenvalue weighted by atomic mass is 10.1. The van der Waals surface area contributed by atoms with Crippen molar-refractivity contribution in [2.45, 2.75) is 63.1 Å². The van der Waals surface area contributed by atoms with Gasteiger partial charge in [0.1, 0.15) is 24.2 Å². The number of hydrogen-bond acceptors (Lipinski definition) is 8. The highest BCUT2D eigenvalue weighted by Crippen LogP contribution is 2.19. The molecule has 28 heavy (non-hydrogen) atoms. The van der Waals surface area contributed by atoms with E-state index < -0.39 is 66.7 Å². The van der Waals surface area contributed by atoms with Crippen molar-refractivity contribution >= 4 is 23.7 Å². The minimum Gasteiger partial charge on any atom is -0.480 e. The third kappa shape index (κ3) is 5.86. The highest BCUT2D eigenvalue weighted by Gasteiger charge is 2.40. The molecule has 1 heterocycles. The highest BCUT2D eigenvalue weighted by atomic mass is 16.4. The van der Waals surface area contributed by atoms with E-state index in [0.29, 0.717) is 6.42 Å². The Bertz CT molecular complexity index is 597. The van der Waals surface area contributed by atoms with E-state index in [1.54, 1.807) is 0 Å². The first-order valence-electron chi connectivity index (χ1n) is 8.87. The first kappa shape index (κ1) is 23.8. The van der Waals surface area contributed by atoms with Crippen molar-refractivity contribution in [1.29, 1.82) is 0 Å². The SMILES string of the molecule is CC(O)C(N)C(=O)NC(C(=O)N1CCCC1C(=O)NC(CO)C(=O)O)C(C)O. The van der Waals surface area contributed by atoms with Gasteiger partial charge in [0.2, 0.25) is 17.7 Å². The number of nitrogens with two attached hydrogens (primary N) is 1. The Morgan fingerprint density at radius 2 is 1.75 bits per heavy atom. The summed E-state index contributed by atoms with van der Waals surface area (Å²) in [7, 11) is 0. The number of rotatable bonds is 9. The number of aliphatic hydroxyl groups is 3. The van der Waals surface area contributed by atoms with Gasteiger partial charge in [0.05, 0.1) is 18.8 Å². The van der Waals surface area contributed by atoms with Crippen LogP contribution < -0.4 is 16.4 Å². The van der Waals surface area contributed by atoms with Crippen molar-refractivity contribution in [3.8, 4) is 0 Å². The Hall–Kier alpha value is -2.28. The Labute approximate surface area is 161 Å². The fourth-order valence-corrected chi connectivity index (χ4v) is 2.79. The molecule has 1 saturated heterocycles. The minimum absolute atomic E-state index is 0.162. The van der Waals surface area contributed by atoms with Crippen LogP contribution in [-0.4, -0.2) is 98.5 Å². The predicted octanol–water partition coefficient (Wildman–Crippen LogP) is -3.89. The van der Waals surface area contributed by atoms with Crippen LogP contribution in [0, 0.1) is 0 Å². The van der Waals surface area contributed by atoms with Crippen LogP contribution in [0.25, 0.3) is 0 Å². The lowest BCUT2D eigenvalue weighted by Crippen LogP contribution is -2.60. The molecule has 0 spiro atoms. The maximum absolute atomic E-state index is 12.8. The van der Waals surface area contributed by atoms with E-state index in [-0.39, 0.29) is 13.0 Å². The molecule has 12 nitrogen and oxygen atoms in total. The number of likely N-dealkylation sites (tertiary alicyclic amines) is 1. The molecule has 12 heteroatoms. The number of carboxylic acid groups (broad SMARTS) is 1. The molecule has 1 fully saturated rings. The molecule has 1 rings (SSSR count). The molecule has 0 aromatic heterocycles. The van der Waals surface area contributed by atoms with Crippen molar-refractivity contribution in [3.05, 3.63) is 0 Å². The summed E-state index contributed by atoms with van der Waals surface area (Å²) in [5, 5.41) is 41.7. The fourth-order valence-electron chi connectivity index (χ4n) is 2.79. The maximum Gasteiger partial charge on any atom is 0.328 e. The summed E-state index contributed by atoms with van der Waals surface area (Å²) in [6, 6.07) is -5.24. The number of aliphatic hydroxyl groups excluding tert-OH is 3. The Kier molecular flexibility index (Phi) is 8.75. The first-order valence-corrected chi connectivity index (χ1v) is 8.87. The second-order valence-corrected chi connectivity index (χ2v) is 6.76. The van der Waals surface area contributed by atoms with Gasteiger partial charge in [0.15, 0.2) is 0 Å². The number of aliphatic carboxylic acids is 1. The molecule has 0 aromatic carbocycles. The number of nitrogens with one attached hydrogen (secondary N) is 2. The van der Waals surface area contributed by atoms with Crippen LogP contribution in [0.4, 0.5) is 0 Å². The van der Waals surface area contributed by atoms with Gasteiger partial charge in [0, 0.05) is 6.54 Å². The molecule has 160 valence electrons. The molecule has 0 radical (unpaired) electrons. The molecule has 0 aliphatic carbocycles. The van der Waals surface area contributed by atoms with Crippen LogP contribution in [0.3, 0.4) is 0 Å². The lowest BCUT2D eigenvalue weighted by molar-refractivity contribution is -0.146. The fraction of sp³-hybridized carbons (Fsp3) is 0.750. The summed E-state index contributed by atoms with van der Waals surface area (Å²) < 4.78 is 0. The Balaban J connectivity index is 2.91. The monoisotopic (exact) mass is 404 g/mol. The maximum atomic E-state index is 12.8. The molecule has 3 amide bonds. The smallest absolute Gasteiger partial charge is 0.328 e. The molecule has 0 bridgehead atoms. The number of hydrogen-bond donors (Lipinski definition) is 7. The van der Waals surface area contributed by atoms with Crippen molar-refractivity contribution in [3.63, 3.8) is 0 Å². The van der Waals surface area contributed by atoms with Crippen LogP contribution in [0.2, 0.25) is 0 Å². The Morgan fingerprint density at radius 1 is 1.14 bits per heavy atom. The first-order chi connectivity index (χ1) is 13.0. The van der Waals surface area contributed by atoms with Gasteiger partial charge in [0.25, 0.3) is 0 Å². The second-order valence-electron chi connectivity index (χ2n) is 6.76. The van der Waals surface area contributed by atoms with Gasteiger partial charge in [-0.1, -0.05) is 0 Å². The molecule has 1 aliphatic rings. The molecule has 8 N–H and O–H groups in total. The van der Waals surface area contributed by atoms with E-state index in [2.05, 4.69) is 10.6 Å². The molecule has 1 aliphatic heterocycles. The zero-order chi connectivity index (χ0) is 21.6. The Morgan fingerprint density at radius 3 is 2.21 bits per heavy atom. The zero-order valence-corrected chi connectivity index (χ0v) is 15.7. The molecule has 6 atom stereocenters. The van der Waals surface area contributed by atoms with Crippen LogP contribution in [0.15, 0.2) is 0 Å². The van der Waals surface area contributed by atoms with Crippen LogP contribution in [0.5, 0.6) is 0 Å². The number of carbonyl (C=O) groups is 4. The minimum atomic E-state index is -1.51. The van der Waals surface area contributed by atoms with E-state index in [0.717, 1.165) is 4.90 Å². The number of carbonyl (C=O) groups excluding carboxylic acids is 3. The highest BCUT2D eigenvalue weighted by molar-refractivity contribution is 5.94. The van der Waals surface area contributed by atoms with Crippen molar-refractivity contribution in [2.75, 3.05) is 13.2 Å². The van der Waals surface area contributed by atoms with Crippen molar-refractivity contribution in [1.82, 2.24) is 15.5 Å². The molecule has 0 aromatic rings. The van der Waals surface area contributed by atoms with E-state index in [9.17, 15) is 29.4 Å². The third-order valence-corrected chi connectivity index (χ3v) is 4.50. The largest absolute Gasteiger partial charge is 0.480 e. The van der Waals surface area contributed by atoms with Crippen LogP contribution >= 0.6 is 0 Å². The second kappa shape index (κ2) is 10.3. The number of nitrogens with zero attached hydrogens (tertiary/aromatic N) is 1. The van der Waals surface area contributed by atoms with Gasteiger partial charge >= 0.3 is 5.97 Å². The van der Waals surface area contributed by atoms with Gasteiger partial charge in [-0.3, -0.25) is 14.4 Å². The van der Waals surface area contributed by atoms with Gasteiger partial charge < -0.3 is 41.7 Å². The molecular weight excluding hydrogens is 376 g/mol. The lowest BCUT2D eigenvalue weighted by Gasteiger charge is -2.31. The van der Waals surface area contributed by atoms with Crippen LogP contribution in [-0.2, 0) is 19.2 Å². The van der Waals surface area contributed by atoms with Gasteiger partial charge in [-0.2, -0.15) is 0 Å². The van der Waals surface area contributed by atoms with Crippen LogP contribution in [0.1, 0.15) is 26.7 Å². The number of amides is 3. The average Bonchev–Trinajstić information content (AvgIpc) is 3.11. The summed E-state index contributed by atoms with van der Waals surface area (Å²) in [5.41, 5.74) is 5.52. The van der Waals surface area contributed by atoms with Crippen molar-refractivity contribution < 1.29 is 39.6 Å². The van der Waals surface area contributed by atoms with Gasteiger partial charge in [-0.05, 0) is 26.7 Å². The average molecular weight is 404 g/mol. The molecular formula is C16H28N4O8. The van der Waals surface area contributed by atoms with Gasteiger partial charge in [-0.25, -0.2) is 4.79 Å². The van der Waals surface area contributed by atoms with E-state index >= 15 is 0 Å². The normalized spacial score (nSPS) is 21.9. The third-order valence-electron chi connectivity index (χ3n) is 4.50. The summed E-state index contributed by atoms with van der Waals surface area (Å²) in [5.74, 6) is -3.77. The van der Waals surface area contributed by atoms with Gasteiger partial charge in [-0.15, -0.1) is 0 Å². The van der Waals surface area contributed by atoms with E-state index in [1.165, 1.54) is 13.8 Å². The quantitative estimate of drug-likeness (QED) is 0.200. The van der Waals surface area contributed by atoms with E-state index in [4.69, 9.17) is 15.9 Å². The standard InChI is InChI=1S/C16H28N4O8/c1-7(22)11(17)14(25)19-12(8(2)23)15(26)20-5-3-4-10(20)13(24)18-9(6-21)16(27)28/h7-12,21-23H,3-6,17H2,1-2H3,(H,18,24)(H,19,25)(H,27,28). The van der Waals surface area contributed by atoms with E-state index in [1.807, 2.05) is 0 Å². The molecule has 0 saturated carbocycles.